The number of fused-ring (bicyclic) bond motifs is 2. The van der Waals surface area contributed by atoms with Gasteiger partial charge in [0.25, 0.3) is 0 Å². The molecule has 0 spiro atoms. The third-order valence-corrected chi connectivity index (χ3v) is 4.15. The molecule has 1 aliphatic carbocycles. The second kappa shape index (κ2) is 5.03. The maximum atomic E-state index is 12.1. The van der Waals surface area contributed by atoms with Gasteiger partial charge in [0.05, 0.1) is 6.04 Å². The Hall–Kier alpha value is -1.84. The van der Waals surface area contributed by atoms with Gasteiger partial charge in [0.2, 0.25) is 0 Å². The summed E-state index contributed by atoms with van der Waals surface area (Å²) in [5, 5.41) is 0. The van der Waals surface area contributed by atoms with E-state index in [1.807, 2.05) is 30.3 Å². The minimum Gasteiger partial charge on any atom is -0.445 e. The van der Waals surface area contributed by atoms with Gasteiger partial charge in [-0.2, -0.15) is 0 Å². The molecule has 4 nitrogen and oxygen atoms in total. The summed E-state index contributed by atoms with van der Waals surface area (Å²) < 4.78 is 5.30. The highest BCUT2D eigenvalue weighted by Crippen LogP contribution is 2.43. The number of hydrogen-bond acceptors (Lipinski definition) is 3. The van der Waals surface area contributed by atoms with Crippen molar-refractivity contribution in [3.05, 3.63) is 35.9 Å². The number of rotatable bonds is 3. The Morgan fingerprint density at radius 2 is 2.05 bits per heavy atom. The SMILES string of the molecule is O=C[C@@H]1C2CC(C2)CN1C(=O)OCc1ccccc1. The molecule has 3 aliphatic rings. The highest BCUT2D eigenvalue weighted by atomic mass is 16.6. The molecule has 1 saturated carbocycles. The topological polar surface area (TPSA) is 46.6 Å². The Morgan fingerprint density at radius 3 is 2.74 bits per heavy atom. The second-order valence-electron chi connectivity index (χ2n) is 5.42. The van der Waals surface area contributed by atoms with Gasteiger partial charge in [-0.05, 0) is 30.2 Å². The summed E-state index contributed by atoms with van der Waals surface area (Å²) in [5.41, 5.74) is 0.959. The molecule has 4 heteroatoms. The van der Waals surface area contributed by atoms with E-state index in [9.17, 15) is 9.59 Å². The molecule has 19 heavy (non-hydrogen) atoms. The molecule has 100 valence electrons. The van der Waals surface area contributed by atoms with E-state index in [4.69, 9.17) is 4.74 Å². The van der Waals surface area contributed by atoms with Crippen LogP contribution in [0.3, 0.4) is 0 Å². The number of piperidine rings is 2. The molecule has 2 saturated heterocycles. The lowest BCUT2D eigenvalue weighted by atomic mass is 9.67. The number of hydrogen-bond donors (Lipinski definition) is 0. The lowest BCUT2D eigenvalue weighted by Crippen LogP contribution is -2.58. The minimum atomic E-state index is -0.365. The number of benzene rings is 1. The predicted molar refractivity (Wildman–Crippen MR) is 69.4 cm³/mol. The van der Waals surface area contributed by atoms with E-state index in [-0.39, 0.29) is 18.7 Å². The smallest absolute Gasteiger partial charge is 0.410 e. The lowest BCUT2D eigenvalue weighted by Gasteiger charge is -2.50. The molecule has 0 aromatic heterocycles. The van der Waals surface area contributed by atoms with Crippen LogP contribution < -0.4 is 0 Å². The number of aldehydes is 1. The van der Waals surface area contributed by atoms with Crippen molar-refractivity contribution in [2.45, 2.75) is 25.5 Å². The van der Waals surface area contributed by atoms with Crippen LogP contribution in [0.15, 0.2) is 30.3 Å². The van der Waals surface area contributed by atoms with Crippen molar-refractivity contribution in [1.29, 1.82) is 0 Å². The zero-order valence-corrected chi connectivity index (χ0v) is 10.7. The molecule has 2 bridgehead atoms. The number of nitrogens with zero attached hydrogens (tertiary/aromatic N) is 1. The molecular formula is C15H17NO3. The standard InChI is InChI=1S/C15H17NO3/c17-9-14-13-6-12(7-13)8-16(14)15(18)19-10-11-4-2-1-3-5-11/h1-5,9,12-14H,6-8,10H2/t12?,13?,14-/m1/s1. The summed E-state index contributed by atoms with van der Waals surface area (Å²) in [4.78, 5) is 24.8. The zero-order valence-electron chi connectivity index (χ0n) is 10.7. The third-order valence-electron chi connectivity index (χ3n) is 4.15. The Balaban J connectivity index is 1.59. The Labute approximate surface area is 112 Å². The van der Waals surface area contributed by atoms with Crippen LogP contribution in [0.1, 0.15) is 18.4 Å². The third kappa shape index (κ3) is 2.35. The van der Waals surface area contributed by atoms with E-state index in [2.05, 4.69) is 0 Å². The molecule has 0 radical (unpaired) electrons. The average Bonchev–Trinajstić information content (AvgIpc) is 2.44. The first kappa shape index (κ1) is 12.2. The van der Waals surface area contributed by atoms with E-state index < -0.39 is 0 Å². The predicted octanol–water partition coefficient (Wildman–Crippen LogP) is 2.23. The molecule has 1 aromatic carbocycles. The van der Waals surface area contributed by atoms with Crippen molar-refractivity contribution in [3.63, 3.8) is 0 Å². The first-order valence-corrected chi connectivity index (χ1v) is 6.70. The van der Waals surface area contributed by atoms with E-state index in [1.165, 1.54) is 0 Å². The van der Waals surface area contributed by atoms with E-state index >= 15 is 0 Å². The molecule has 0 N–H and O–H groups in total. The van der Waals surface area contributed by atoms with Gasteiger partial charge in [-0.15, -0.1) is 0 Å². The van der Waals surface area contributed by atoms with Crippen molar-refractivity contribution in [2.24, 2.45) is 11.8 Å². The summed E-state index contributed by atoms with van der Waals surface area (Å²) in [6, 6.07) is 9.29. The second-order valence-corrected chi connectivity index (χ2v) is 5.42. The number of carbonyl (C=O) groups excluding carboxylic acids is 2. The lowest BCUT2D eigenvalue weighted by molar-refractivity contribution is -0.120. The van der Waals surface area contributed by atoms with Crippen LogP contribution in [0.2, 0.25) is 0 Å². The van der Waals surface area contributed by atoms with Gasteiger partial charge in [0, 0.05) is 6.54 Å². The number of carbonyl (C=O) groups is 2. The van der Waals surface area contributed by atoms with Gasteiger partial charge in [-0.1, -0.05) is 30.3 Å². The van der Waals surface area contributed by atoms with Crippen molar-refractivity contribution in [2.75, 3.05) is 6.54 Å². The first-order chi connectivity index (χ1) is 9.28. The maximum absolute atomic E-state index is 12.1. The van der Waals surface area contributed by atoms with Gasteiger partial charge in [0.15, 0.2) is 0 Å². The number of amides is 1. The van der Waals surface area contributed by atoms with Crippen LogP contribution in [0.4, 0.5) is 4.79 Å². The van der Waals surface area contributed by atoms with Gasteiger partial charge in [-0.25, -0.2) is 4.79 Å². The highest BCUT2D eigenvalue weighted by Gasteiger charge is 2.46. The largest absolute Gasteiger partial charge is 0.445 e. The van der Waals surface area contributed by atoms with Crippen molar-refractivity contribution < 1.29 is 14.3 Å². The molecule has 2 aliphatic heterocycles. The van der Waals surface area contributed by atoms with Gasteiger partial charge >= 0.3 is 6.09 Å². The van der Waals surface area contributed by atoms with Crippen molar-refractivity contribution in [3.8, 4) is 0 Å². The maximum Gasteiger partial charge on any atom is 0.410 e. The van der Waals surface area contributed by atoms with E-state index in [1.54, 1.807) is 4.90 Å². The van der Waals surface area contributed by atoms with Crippen LogP contribution in [0.25, 0.3) is 0 Å². The molecule has 0 unspecified atom stereocenters. The van der Waals surface area contributed by atoms with Crippen LogP contribution in [-0.4, -0.2) is 29.9 Å². The van der Waals surface area contributed by atoms with Crippen LogP contribution >= 0.6 is 0 Å². The fourth-order valence-corrected chi connectivity index (χ4v) is 3.05. The summed E-state index contributed by atoms with van der Waals surface area (Å²) in [6.45, 7) is 0.921. The van der Waals surface area contributed by atoms with Crippen LogP contribution in [0, 0.1) is 11.8 Å². The minimum absolute atomic E-state index is 0.261. The van der Waals surface area contributed by atoms with Crippen LogP contribution in [0.5, 0.6) is 0 Å². The zero-order chi connectivity index (χ0) is 13.2. The summed E-state index contributed by atoms with van der Waals surface area (Å²) >= 11 is 0. The number of ether oxygens (including phenoxy) is 1. The van der Waals surface area contributed by atoms with Gasteiger partial charge in [0.1, 0.15) is 12.9 Å². The van der Waals surface area contributed by atoms with Gasteiger partial charge in [-0.3, -0.25) is 4.90 Å². The summed E-state index contributed by atoms with van der Waals surface area (Å²) in [6.07, 6.45) is 2.68. The monoisotopic (exact) mass is 259 g/mol. The molecule has 1 aromatic rings. The van der Waals surface area contributed by atoms with Crippen LogP contribution in [-0.2, 0) is 16.1 Å². The fraction of sp³-hybridized carbons (Fsp3) is 0.467. The highest BCUT2D eigenvalue weighted by molar-refractivity contribution is 5.74. The fourth-order valence-electron chi connectivity index (χ4n) is 3.05. The molecule has 2 heterocycles. The Morgan fingerprint density at radius 1 is 1.32 bits per heavy atom. The van der Waals surface area contributed by atoms with E-state index in [0.717, 1.165) is 24.7 Å². The van der Waals surface area contributed by atoms with Crippen molar-refractivity contribution in [1.82, 2.24) is 4.90 Å². The average molecular weight is 259 g/mol. The molecule has 4 rings (SSSR count). The van der Waals surface area contributed by atoms with Crippen molar-refractivity contribution >= 4 is 12.4 Å². The Kier molecular flexibility index (Phi) is 3.23. The Bertz CT molecular complexity index is 468. The quantitative estimate of drug-likeness (QED) is 0.782. The first-order valence-electron chi connectivity index (χ1n) is 6.70. The molecule has 1 amide bonds. The van der Waals surface area contributed by atoms with E-state index in [0.29, 0.717) is 18.4 Å². The van der Waals surface area contributed by atoms with Gasteiger partial charge < -0.3 is 9.53 Å². The molecular weight excluding hydrogens is 242 g/mol. The molecule has 3 fully saturated rings. The summed E-state index contributed by atoms with van der Waals surface area (Å²) in [5.74, 6) is 0.908. The molecule has 1 atom stereocenters. The summed E-state index contributed by atoms with van der Waals surface area (Å²) in [7, 11) is 0. The normalized spacial score (nSPS) is 28.4.